The summed E-state index contributed by atoms with van der Waals surface area (Å²) in [6.45, 7) is 3.73. The van der Waals surface area contributed by atoms with Crippen molar-refractivity contribution in [2.24, 2.45) is 0 Å². The Balaban J connectivity index is 3.41. The van der Waals surface area contributed by atoms with Crippen LogP contribution in [0.15, 0.2) is 12.1 Å². The highest BCUT2D eigenvalue weighted by Crippen LogP contribution is 2.34. The van der Waals surface area contributed by atoms with Gasteiger partial charge in [-0.25, -0.2) is 4.79 Å². The topological polar surface area (TPSA) is 133 Å². The number of benzene rings is 1. The Bertz CT molecular complexity index is 565. The summed E-state index contributed by atoms with van der Waals surface area (Å²) in [7, 11) is 0. The molecule has 0 saturated heterocycles. The molecule has 1 N–H and O–H groups in total. The maximum Gasteiger partial charge on any atom is 0.336 e. The fraction of sp³-hybridized carbons (Fsp3) is 0.462. The van der Waals surface area contributed by atoms with Crippen LogP contribution in [0.25, 0.3) is 0 Å². The molecular formula is C13H16N2O7. The molecule has 9 heteroatoms. The summed E-state index contributed by atoms with van der Waals surface area (Å²) >= 11 is 0. The predicted molar refractivity (Wildman–Crippen MR) is 76.0 cm³/mol. The summed E-state index contributed by atoms with van der Waals surface area (Å²) in [5, 5.41) is 31.1. The molecule has 1 atom stereocenters. The molecule has 1 aromatic rings. The molecule has 0 heterocycles. The third-order valence-electron chi connectivity index (χ3n) is 3.05. The first kappa shape index (κ1) is 17.5. The van der Waals surface area contributed by atoms with Crippen molar-refractivity contribution in [2.75, 3.05) is 6.61 Å². The molecule has 0 bridgehead atoms. The number of unbranched alkanes of at least 4 members (excludes halogenated alkanes) is 1. The SMILES string of the molecule is CCCCOC(C)c1c(C(=O)O)cc([N+](=O)[O-])cc1[N+](=O)[O-]. The molecule has 0 aliphatic rings. The molecule has 9 nitrogen and oxygen atoms in total. The van der Waals surface area contributed by atoms with Gasteiger partial charge in [0.25, 0.3) is 11.4 Å². The number of nitro groups is 2. The molecule has 0 spiro atoms. The highest BCUT2D eigenvalue weighted by molar-refractivity contribution is 5.92. The number of nitrogens with zero attached hydrogens (tertiary/aromatic N) is 2. The molecule has 22 heavy (non-hydrogen) atoms. The van der Waals surface area contributed by atoms with Gasteiger partial charge in [0.15, 0.2) is 0 Å². The maximum absolute atomic E-state index is 11.3. The second-order valence-corrected chi connectivity index (χ2v) is 4.61. The molecule has 0 fully saturated rings. The van der Waals surface area contributed by atoms with Crippen LogP contribution in [-0.4, -0.2) is 27.5 Å². The Morgan fingerprint density at radius 2 is 1.95 bits per heavy atom. The molecular weight excluding hydrogens is 296 g/mol. The molecule has 1 rings (SSSR count). The van der Waals surface area contributed by atoms with Crippen molar-refractivity contribution in [1.82, 2.24) is 0 Å². The van der Waals surface area contributed by atoms with Gasteiger partial charge in [-0.05, 0) is 13.3 Å². The highest BCUT2D eigenvalue weighted by Gasteiger charge is 2.30. The predicted octanol–water partition coefficient (Wildman–Crippen LogP) is 3.08. The lowest BCUT2D eigenvalue weighted by atomic mass is 9.99. The Hall–Kier alpha value is -2.55. The summed E-state index contributed by atoms with van der Waals surface area (Å²) < 4.78 is 5.41. The molecule has 120 valence electrons. The van der Waals surface area contributed by atoms with E-state index in [-0.39, 0.29) is 5.56 Å². The van der Waals surface area contributed by atoms with Gasteiger partial charge in [0.2, 0.25) is 0 Å². The van der Waals surface area contributed by atoms with Crippen molar-refractivity contribution in [3.8, 4) is 0 Å². The number of rotatable bonds is 8. The fourth-order valence-corrected chi connectivity index (χ4v) is 1.97. The minimum Gasteiger partial charge on any atom is -0.478 e. The van der Waals surface area contributed by atoms with E-state index in [1.54, 1.807) is 0 Å². The molecule has 1 unspecified atom stereocenters. The largest absolute Gasteiger partial charge is 0.478 e. The van der Waals surface area contributed by atoms with E-state index in [4.69, 9.17) is 4.74 Å². The monoisotopic (exact) mass is 312 g/mol. The van der Waals surface area contributed by atoms with E-state index in [1.807, 2.05) is 6.92 Å². The van der Waals surface area contributed by atoms with Gasteiger partial charge in [-0.15, -0.1) is 0 Å². The molecule has 0 saturated carbocycles. The normalized spacial score (nSPS) is 11.9. The minimum atomic E-state index is -1.48. The summed E-state index contributed by atoms with van der Waals surface area (Å²) in [6.07, 6.45) is 0.702. The zero-order chi connectivity index (χ0) is 16.9. The highest BCUT2D eigenvalue weighted by atomic mass is 16.6. The average molecular weight is 312 g/mol. The Kier molecular flexibility index (Phi) is 5.93. The van der Waals surface area contributed by atoms with Crippen molar-refractivity contribution in [1.29, 1.82) is 0 Å². The Labute approximate surface area is 125 Å². The second kappa shape index (κ2) is 7.46. The third-order valence-corrected chi connectivity index (χ3v) is 3.05. The lowest BCUT2D eigenvalue weighted by molar-refractivity contribution is -0.395. The standard InChI is InChI=1S/C13H16N2O7/c1-3-4-5-22-8(2)12-10(13(16)17)6-9(14(18)19)7-11(12)15(20)21/h6-8H,3-5H2,1-2H3,(H,16,17). The van der Waals surface area contributed by atoms with E-state index in [2.05, 4.69) is 0 Å². The first-order chi connectivity index (χ1) is 10.3. The van der Waals surface area contributed by atoms with E-state index < -0.39 is 38.9 Å². The Morgan fingerprint density at radius 1 is 1.32 bits per heavy atom. The maximum atomic E-state index is 11.3. The van der Waals surface area contributed by atoms with Crippen LogP contribution in [0.1, 0.15) is 48.7 Å². The number of ether oxygens (including phenoxy) is 1. The number of hydrogen-bond donors (Lipinski definition) is 1. The number of hydrogen-bond acceptors (Lipinski definition) is 6. The average Bonchev–Trinajstić information content (AvgIpc) is 2.45. The van der Waals surface area contributed by atoms with Gasteiger partial charge < -0.3 is 9.84 Å². The van der Waals surface area contributed by atoms with Gasteiger partial charge in [0, 0.05) is 12.7 Å². The van der Waals surface area contributed by atoms with E-state index in [0.717, 1.165) is 18.6 Å². The number of carboxylic acid groups (broad SMARTS) is 1. The van der Waals surface area contributed by atoms with E-state index in [0.29, 0.717) is 13.0 Å². The molecule has 0 aliphatic heterocycles. The van der Waals surface area contributed by atoms with E-state index in [1.165, 1.54) is 6.92 Å². The van der Waals surface area contributed by atoms with Crippen LogP contribution in [0, 0.1) is 20.2 Å². The summed E-state index contributed by atoms with van der Waals surface area (Å²) in [5.41, 5.74) is -1.94. The molecule has 0 aliphatic carbocycles. The van der Waals surface area contributed by atoms with Crippen LogP contribution < -0.4 is 0 Å². The minimum absolute atomic E-state index is 0.167. The van der Waals surface area contributed by atoms with Crippen LogP contribution in [0.5, 0.6) is 0 Å². The van der Waals surface area contributed by atoms with Gasteiger partial charge >= 0.3 is 5.97 Å². The van der Waals surface area contributed by atoms with Crippen molar-refractivity contribution in [3.05, 3.63) is 43.5 Å². The molecule has 0 aromatic heterocycles. The lowest BCUT2D eigenvalue weighted by Crippen LogP contribution is -2.12. The van der Waals surface area contributed by atoms with Crippen LogP contribution in [0.3, 0.4) is 0 Å². The van der Waals surface area contributed by atoms with Crippen LogP contribution >= 0.6 is 0 Å². The number of aromatic carboxylic acids is 1. The molecule has 0 radical (unpaired) electrons. The fourth-order valence-electron chi connectivity index (χ4n) is 1.97. The van der Waals surface area contributed by atoms with Crippen LogP contribution in [0.2, 0.25) is 0 Å². The number of carboxylic acids is 1. The zero-order valence-corrected chi connectivity index (χ0v) is 12.1. The van der Waals surface area contributed by atoms with Gasteiger partial charge in [-0.2, -0.15) is 0 Å². The Morgan fingerprint density at radius 3 is 2.41 bits per heavy atom. The third kappa shape index (κ3) is 3.98. The molecule has 0 amide bonds. The first-order valence-corrected chi connectivity index (χ1v) is 6.61. The van der Waals surface area contributed by atoms with Crippen LogP contribution in [-0.2, 0) is 4.74 Å². The first-order valence-electron chi connectivity index (χ1n) is 6.61. The van der Waals surface area contributed by atoms with Crippen molar-refractivity contribution in [3.63, 3.8) is 0 Å². The lowest BCUT2D eigenvalue weighted by Gasteiger charge is -2.15. The quantitative estimate of drug-likeness (QED) is 0.443. The summed E-state index contributed by atoms with van der Waals surface area (Å²) in [4.78, 5) is 31.5. The number of non-ortho nitro benzene ring substituents is 1. The summed E-state index contributed by atoms with van der Waals surface area (Å²) in [5.74, 6) is -1.48. The van der Waals surface area contributed by atoms with Gasteiger partial charge in [-0.3, -0.25) is 20.2 Å². The van der Waals surface area contributed by atoms with E-state index >= 15 is 0 Å². The van der Waals surface area contributed by atoms with E-state index in [9.17, 15) is 30.1 Å². The van der Waals surface area contributed by atoms with Crippen molar-refractivity contribution < 1.29 is 24.5 Å². The van der Waals surface area contributed by atoms with Crippen molar-refractivity contribution >= 4 is 17.3 Å². The van der Waals surface area contributed by atoms with Crippen LogP contribution in [0.4, 0.5) is 11.4 Å². The zero-order valence-electron chi connectivity index (χ0n) is 12.1. The second-order valence-electron chi connectivity index (χ2n) is 4.61. The smallest absolute Gasteiger partial charge is 0.336 e. The number of carbonyl (C=O) groups is 1. The van der Waals surface area contributed by atoms with Gasteiger partial charge in [0.1, 0.15) is 0 Å². The number of nitro benzene ring substituents is 2. The van der Waals surface area contributed by atoms with Crippen molar-refractivity contribution in [2.45, 2.75) is 32.8 Å². The summed E-state index contributed by atoms with van der Waals surface area (Å²) in [6, 6.07) is 1.56. The molecule has 1 aromatic carbocycles. The van der Waals surface area contributed by atoms with Gasteiger partial charge in [0.05, 0.1) is 33.1 Å². The van der Waals surface area contributed by atoms with Gasteiger partial charge in [-0.1, -0.05) is 13.3 Å².